The van der Waals surface area contributed by atoms with E-state index in [0.29, 0.717) is 22.8 Å². The van der Waals surface area contributed by atoms with Gasteiger partial charge >= 0.3 is 0 Å². The second-order valence-corrected chi connectivity index (χ2v) is 7.60. The Bertz CT molecular complexity index is 1270. The first-order valence-corrected chi connectivity index (χ1v) is 10.5. The van der Waals surface area contributed by atoms with E-state index < -0.39 is 12.1 Å². The number of anilines is 2. The summed E-state index contributed by atoms with van der Waals surface area (Å²) >= 11 is 0. The Kier molecular flexibility index (Phi) is 5.32. The number of amides is 2. The van der Waals surface area contributed by atoms with E-state index in [-0.39, 0.29) is 11.8 Å². The third-order valence-corrected chi connectivity index (χ3v) is 5.37. The number of azo groups is 1. The van der Waals surface area contributed by atoms with Crippen LogP contribution in [0.1, 0.15) is 12.5 Å². The molecule has 0 saturated heterocycles. The Labute approximate surface area is 190 Å². The van der Waals surface area contributed by atoms with Crippen molar-refractivity contribution in [2.45, 2.75) is 19.0 Å². The van der Waals surface area contributed by atoms with E-state index in [0.717, 1.165) is 5.56 Å². The van der Waals surface area contributed by atoms with Crippen LogP contribution in [0.3, 0.4) is 0 Å². The Morgan fingerprint density at radius 3 is 1.67 bits per heavy atom. The monoisotopic (exact) mass is 436 g/mol. The van der Waals surface area contributed by atoms with Crippen LogP contribution in [0.15, 0.2) is 111 Å². The SMILES string of the molecule is CC1=NN(c2ccccc2)C(=O)C1N=NC1C(=O)N(c2ccccc2)N=C1c1ccccc1. The van der Waals surface area contributed by atoms with Gasteiger partial charge in [0.05, 0.1) is 17.1 Å². The molecule has 2 heterocycles. The van der Waals surface area contributed by atoms with Gasteiger partial charge in [0.2, 0.25) is 0 Å². The van der Waals surface area contributed by atoms with Crippen LogP contribution in [-0.2, 0) is 9.59 Å². The molecule has 3 aromatic rings. The molecule has 0 bridgehead atoms. The lowest BCUT2D eigenvalue weighted by Crippen LogP contribution is -2.33. The first-order chi connectivity index (χ1) is 16.1. The maximum Gasteiger partial charge on any atom is 0.280 e. The highest BCUT2D eigenvalue weighted by Gasteiger charge is 2.40. The van der Waals surface area contributed by atoms with Crippen LogP contribution in [0.4, 0.5) is 11.4 Å². The molecule has 2 aliphatic rings. The molecule has 162 valence electrons. The lowest BCUT2D eigenvalue weighted by Gasteiger charge is -2.13. The number of hydrogen-bond donors (Lipinski definition) is 0. The fourth-order valence-electron chi connectivity index (χ4n) is 3.70. The maximum atomic E-state index is 13.3. The topological polar surface area (TPSA) is 90.1 Å². The minimum atomic E-state index is -0.959. The third-order valence-electron chi connectivity index (χ3n) is 5.37. The van der Waals surface area contributed by atoms with Gasteiger partial charge in [0.25, 0.3) is 11.8 Å². The van der Waals surface area contributed by atoms with Gasteiger partial charge < -0.3 is 0 Å². The summed E-state index contributed by atoms with van der Waals surface area (Å²) in [5.41, 5.74) is 3.04. The normalized spacial score (nSPS) is 20.5. The summed E-state index contributed by atoms with van der Waals surface area (Å²) < 4.78 is 0. The zero-order valence-electron chi connectivity index (χ0n) is 17.8. The summed E-state index contributed by atoms with van der Waals surface area (Å²) in [4.78, 5) is 26.2. The second-order valence-electron chi connectivity index (χ2n) is 7.60. The average Bonchev–Trinajstić information content (AvgIpc) is 3.34. The fourth-order valence-corrected chi connectivity index (χ4v) is 3.70. The maximum absolute atomic E-state index is 13.3. The summed E-state index contributed by atoms with van der Waals surface area (Å²) in [5, 5.41) is 20.1. The molecule has 3 aromatic carbocycles. The molecule has 0 aliphatic carbocycles. The molecule has 2 aliphatic heterocycles. The van der Waals surface area contributed by atoms with Crippen molar-refractivity contribution in [3.63, 3.8) is 0 Å². The summed E-state index contributed by atoms with van der Waals surface area (Å²) in [6.07, 6.45) is 0. The van der Waals surface area contributed by atoms with Gasteiger partial charge in [0.1, 0.15) is 5.71 Å². The van der Waals surface area contributed by atoms with Crippen molar-refractivity contribution in [1.29, 1.82) is 0 Å². The molecule has 0 N–H and O–H groups in total. The van der Waals surface area contributed by atoms with Crippen LogP contribution in [0, 0.1) is 0 Å². The third kappa shape index (κ3) is 3.82. The number of rotatable bonds is 5. The highest BCUT2D eigenvalue weighted by Crippen LogP contribution is 2.26. The average molecular weight is 436 g/mol. The molecular weight excluding hydrogens is 416 g/mol. The smallest absolute Gasteiger partial charge is 0.269 e. The Balaban J connectivity index is 1.45. The van der Waals surface area contributed by atoms with Crippen LogP contribution < -0.4 is 10.0 Å². The van der Waals surface area contributed by atoms with E-state index in [4.69, 9.17) is 0 Å². The number of hydrogen-bond acceptors (Lipinski definition) is 6. The Hall–Kier alpha value is -4.46. The highest BCUT2D eigenvalue weighted by molar-refractivity contribution is 6.25. The van der Waals surface area contributed by atoms with Crippen molar-refractivity contribution in [2.24, 2.45) is 20.4 Å². The van der Waals surface area contributed by atoms with Crippen LogP contribution in [-0.4, -0.2) is 35.3 Å². The number of hydrazone groups is 2. The molecule has 8 heteroatoms. The standard InChI is InChI=1S/C25H20N6O2/c1-17-21(24(32)30(28-17)19-13-7-3-8-14-19)26-27-23-22(18-11-5-2-6-12-18)29-31(25(23)33)20-15-9-4-10-16-20/h2-16,21,23H,1H3. The highest BCUT2D eigenvalue weighted by atomic mass is 16.2. The molecule has 0 aromatic heterocycles. The van der Waals surface area contributed by atoms with Crippen LogP contribution >= 0.6 is 0 Å². The first kappa shape index (κ1) is 20.4. The van der Waals surface area contributed by atoms with E-state index >= 15 is 0 Å². The summed E-state index contributed by atoms with van der Waals surface area (Å²) in [5.74, 6) is -0.644. The van der Waals surface area contributed by atoms with Gasteiger partial charge in [-0.25, -0.2) is 0 Å². The molecule has 0 radical (unpaired) electrons. The zero-order chi connectivity index (χ0) is 22.8. The van der Waals surface area contributed by atoms with Crippen molar-refractivity contribution < 1.29 is 9.59 Å². The lowest BCUT2D eigenvalue weighted by atomic mass is 10.0. The lowest BCUT2D eigenvalue weighted by molar-refractivity contribution is -0.119. The minimum absolute atomic E-state index is 0.314. The van der Waals surface area contributed by atoms with Crippen molar-refractivity contribution in [2.75, 3.05) is 10.0 Å². The molecule has 0 fully saturated rings. The van der Waals surface area contributed by atoms with Crippen LogP contribution in [0.2, 0.25) is 0 Å². The molecule has 2 amide bonds. The molecule has 0 spiro atoms. The minimum Gasteiger partial charge on any atom is -0.269 e. The molecule has 33 heavy (non-hydrogen) atoms. The zero-order valence-corrected chi connectivity index (χ0v) is 17.8. The number of benzene rings is 3. The predicted octanol–water partition coefficient (Wildman–Crippen LogP) is 4.05. The van der Waals surface area contributed by atoms with E-state index in [9.17, 15) is 9.59 Å². The largest absolute Gasteiger partial charge is 0.280 e. The van der Waals surface area contributed by atoms with Crippen molar-refractivity contribution >= 4 is 34.6 Å². The number of carbonyl (C=O) groups is 2. The second kappa shape index (κ2) is 8.58. The van der Waals surface area contributed by atoms with Gasteiger partial charge in [-0.3, -0.25) is 9.59 Å². The molecule has 2 atom stereocenters. The number of para-hydroxylation sites is 2. The Morgan fingerprint density at radius 1 is 0.636 bits per heavy atom. The van der Waals surface area contributed by atoms with Gasteiger partial charge in [-0.05, 0) is 31.2 Å². The fraction of sp³-hybridized carbons (Fsp3) is 0.120. The first-order valence-electron chi connectivity index (χ1n) is 10.5. The van der Waals surface area contributed by atoms with Gasteiger partial charge in [-0.15, -0.1) is 0 Å². The quantitative estimate of drug-likeness (QED) is 0.565. The number of nitrogens with zero attached hydrogens (tertiary/aromatic N) is 6. The van der Waals surface area contributed by atoms with Crippen LogP contribution in [0.25, 0.3) is 0 Å². The molecule has 5 rings (SSSR count). The van der Waals surface area contributed by atoms with Gasteiger partial charge in [0.15, 0.2) is 12.1 Å². The van der Waals surface area contributed by atoms with E-state index in [1.807, 2.05) is 66.7 Å². The summed E-state index contributed by atoms with van der Waals surface area (Å²) in [6.45, 7) is 1.73. The van der Waals surface area contributed by atoms with Gasteiger partial charge in [-0.2, -0.15) is 30.4 Å². The van der Waals surface area contributed by atoms with E-state index in [1.54, 1.807) is 31.2 Å². The Morgan fingerprint density at radius 2 is 1.09 bits per heavy atom. The molecule has 0 saturated carbocycles. The van der Waals surface area contributed by atoms with E-state index in [2.05, 4.69) is 20.4 Å². The number of carbonyl (C=O) groups excluding carboxylic acids is 2. The van der Waals surface area contributed by atoms with Crippen molar-refractivity contribution in [3.8, 4) is 0 Å². The van der Waals surface area contributed by atoms with Crippen molar-refractivity contribution in [3.05, 3.63) is 96.6 Å². The van der Waals surface area contributed by atoms with E-state index in [1.165, 1.54) is 10.0 Å². The molecular formula is C25H20N6O2. The predicted molar refractivity (Wildman–Crippen MR) is 126 cm³/mol. The van der Waals surface area contributed by atoms with Crippen molar-refractivity contribution in [1.82, 2.24) is 0 Å². The van der Waals surface area contributed by atoms with Crippen LogP contribution in [0.5, 0.6) is 0 Å². The summed E-state index contributed by atoms with van der Waals surface area (Å²) in [7, 11) is 0. The molecule has 2 unspecified atom stereocenters. The summed E-state index contributed by atoms with van der Waals surface area (Å²) in [6, 6.07) is 25.8. The molecule has 8 nitrogen and oxygen atoms in total. The van der Waals surface area contributed by atoms with Gasteiger partial charge in [-0.1, -0.05) is 66.7 Å². The van der Waals surface area contributed by atoms with Gasteiger partial charge in [0, 0.05) is 5.56 Å².